The number of amides is 1. The van der Waals surface area contributed by atoms with Crippen molar-refractivity contribution >= 4 is 5.91 Å². The Labute approximate surface area is 139 Å². The second kappa shape index (κ2) is 7.93. The minimum Gasteiger partial charge on any atom is -0.379 e. The van der Waals surface area contributed by atoms with Gasteiger partial charge in [-0.25, -0.2) is 0 Å². The molecule has 1 aromatic carbocycles. The van der Waals surface area contributed by atoms with Crippen LogP contribution in [0.4, 0.5) is 0 Å². The SMILES string of the molecule is Cc1cccc(CC(=O)N2CCCCC2CN2CCOCC2)c1. The van der Waals surface area contributed by atoms with E-state index in [-0.39, 0.29) is 5.91 Å². The molecule has 1 unspecified atom stereocenters. The monoisotopic (exact) mass is 316 g/mol. The Morgan fingerprint density at radius 1 is 1.22 bits per heavy atom. The zero-order valence-corrected chi connectivity index (χ0v) is 14.2. The lowest BCUT2D eigenvalue weighted by Crippen LogP contribution is -2.51. The van der Waals surface area contributed by atoms with Gasteiger partial charge in [-0.1, -0.05) is 29.8 Å². The Balaban J connectivity index is 1.61. The smallest absolute Gasteiger partial charge is 0.227 e. The number of carbonyl (C=O) groups excluding carboxylic acids is 1. The summed E-state index contributed by atoms with van der Waals surface area (Å²) >= 11 is 0. The average Bonchev–Trinajstić information content (AvgIpc) is 2.56. The van der Waals surface area contributed by atoms with Crippen LogP contribution in [0.2, 0.25) is 0 Å². The Bertz CT molecular complexity index is 526. The van der Waals surface area contributed by atoms with Crippen LogP contribution in [0.3, 0.4) is 0 Å². The van der Waals surface area contributed by atoms with Crippen LogP contribution in [0.1, 0.15) is 30.4 Å². The Kier molecular flexibility index (Phi) is 5.68. The van der Waals surface area contributed by atoms with Crippen LogP contribution in [0, 0.1) is 6.92 Å². The van der Waals surface area contributed by atoms with Gasteiger partial charge in [0.1, 0.15) is 0 Å². The zero-order valence-electron chi connectivity index (χ0n) is 14.2. The summed E-state index contributed by atoms with van der Waals surface area (Å²) in [6, 6.07) is 8.68. The fourth-order valence-corrected chi connectivity index (χ4v) is 3.70. The number of morpholine rings is 1. The van der Waals surface area contributed by atoms with Gasteiger partial charge >= 0.3 is 0 Å². The van der Waals surface area contributed by atoms with E-state index in [0.29, 0.717) is 12.5 Å². The molecular formula is C19H28N2O2. The molecule has 1 aromatic rings. The van der Waals surface area contributed by atoms with Crippen LogP contribution in [-0.2, 0) is 16.0 Å². The predicted octanol–water partition coefficient (Wildman–Crippen LogP) is 2.25. The van der Waals surface area contributed by atoms with Crippen molar-refractivity contribution in [3.05, 3.63) is 35.4 Å². The molecule has 0 aliphatic carbocycles. The number of ether oxygens (including phenoxy) is 1. The summed E-state index contributed by atoms with van der Waals surface area (Å²) in [7, 11) is 0. The second-order valence-corrected chi connectivity index (χ2v) is 6.82. The Morgan fingerprint density at radius 2 is 2.04 bits per heavy atom. The normalized spacial score (nSPS) is 23.0. The van der Waals surface area contributed by atoms with Crippen LogP contribution in [-0.4, -0.2) is 61.1 Å². The molecule has 23 heavy (non-hydrogen) atoms. The topological polar surface area (TPSA) is 32.8 Å². The van der Waals surface area contributed by atoms with Gasteiger partial charge in [0.15, 0.2) is 0 Å². The van der Waals surface area contributed by atoms with E-state index in [9.17, 15) is 4.79 Å². The summed E-state index contributed by atoms with van der Waals surface area (Å²) in [5.74, 6) is 0.286. The molecule has 3 rings (SSSR count). The lowest BCUT2D eigenvalue weighted by atomic mass is 9.99. The molecule has 2 saturated heterocycles. The Hall–Kier alpha value is -1.39. The van der Waals surface area contributed by atoms with Gasteiger partial charge in [-0.2, -0.15) is 0 Å². The number of likely N-dealkylation sites (tertiary alicyclic amines) is 1. The molecule has 0 aromatic heterocycles. The third kappa shape index (κ3) is 4.55. The third-order valence-electron chi connectivity index (χ3n) is 4.96. The van der Waals surface area contributed by atoms with Gasteiger partial charge in [-0.15, -0.1) is 0 Å². The van der Waals surface area contributed by atoms with Crippen LogP contribution in [0.25, 0.3) is 0 Å². The molecule has 2 heterocycles. The molecule has 2 aliphatic heterocycles. The summed E-state index contributed by atoms with van der Waals surface area (Å²) < 4.78 is 5.43. The van der Waals surface area contributed by atoms with Gasteiger partial charge < -0.3 is 9.64 Å². The van der Waals surface area contributed by atoms with E-state index >= 15 is 0 Å². The van der Waals surface area contributed by atoms with Crippen LogP contribution >= 0.6 is 0 Å². The summed E-state index contributed by atoms with van der Waals surface area (Å²) in [6.07, 6.45) is 4.04. The molecule has 0 bridgehead atoms. The number of aryl methyl sites for hydroxylation is 1. The fourth-order valence-electron chi connectivity index (χ4n) is 3.70. The number of piperidine rings is 1. The van der Waals surface area contributed by atoms with E-state index in [1.54, 1.807) is 0 Å². The zero-order chi connectivity index (χ0) is 16.1. The van der Waals surface area contributed by atoms with Crippen molar-refractivity contribution < 1.29 is 9.53 Å². The first kappa shape index (κ1) is 16.5. The van der Waals surface area contributed by atoms with Crippen molar-refractivity contribution in [3.8, 4) is 0 Å². The van der Waals surface area contributed by atoms with Gasteiger partial charge in [0.25, 0.3) is 0 Å². The standard InChI is InChI=1S/C19H28N2O2/c1-16-5-4-6-17(13-16)14-19(22)21-8-3-2-7-18(21)15-20-9-11-23-12-10-20/h4-6,13,18H,2-3,7-12,14-15H2,1H3. The average molecular weight is 316 g/mol. The van der Waals surface area contributed by atoms with Gasteiger partial charge in [0, 0.05) is 32.2 Å². The highest BCUT2D eigenvalue weighted by Gasteiger charge is 2.28. The molecule has 0 radical (unpaired) electrons. The quantitative estimate of drug-likeness (QED) is 0.854. The summed E-state index contributed by atoms with van der Waals surface area (Å²) in [6.45, 7) is 7.64. The molecule has 4 heteroatoms. The number of hydrogen-bond donors (Lipinski definition) is 0. The number of benzene rings is 1. The molecule has 1 amide bonds. The number of hydrogen-bond acceptors (Lipinski definition) is 3. The molecular weight excluding hydrogens is 288 g/mol. The van der Waals surface area contributed by atoms with Crippen molar-refractivity contribution in [1.29, 1.82) is 0 Å². The van der Waals surface area contributed by atoms with Crippen LogP contribution < -0.4 is 0 Å². The largest absolute Gasteiger partial charge is 0.379 e. The summed E-state index contributed by atoms with van der Waals surface area (Å²) in [5, 5.41) is 0. The molecule has 2 fully saturated rings. The first-order chi connectivity index (χ1) is 11.2. The lowest BCUT2D eigenvalue weighted by Gasteiger charge is -2.39. The number of carbonyl (C=O) groups is 1. The lowest BCUT2D eigenvalue weighted by molar-refractivity contribution is -0.134. The third-order valence-corrected chi connectivity index (χ3v) is 4.96. The van der Waals surface area contributed by atoms with Crippen molar-refractivity contribution in [1.82, 2.24) is 9.80 Å². The highest BCUT2D eigenvalue weighted by atomic mass is 16.5. The number of nitrogens with zero attached hydrogens (tertiary/aromatic N) is 2. The van der Waals surface area contributed by atoms with E-state index < -0.39 is 0 Å². The van der Waals surface area contributed by atoms with Crippen molar-refractivity contribution in [2.75, 3.05) is 39.4 Å². The van der Waals surface area contributed by atoms with Gasteiger partial charge in [-0.05, 0) is 31.7 Å². The maximum absolute atomic E-state index is 12.8. The molecule has 0 saturated carbocycles. The van der Waals surface area contributed by atoms with E-state index in [1.807, 2.05) is 6.07 Å². The van der Waals surface area contributed by atoms with Crippen molar-refractivity contribution in [2.24, 2.45) is 0 Å². The van der Waals surface area contributed by atoms with Gasteiger partial charge in [0.05, 0.1) is 19.6 Å². The summed E-state index contributed by atoms with van der Waals surface area (Å²) in [4.78, 5) is 17.4. The van der Waals surface area contributed by atoms with Gasteiger partial charge in [0.2, 0.25) is 5.91 Å². The molecule has 2 aliphatic rings. The first-order valence-electron chi connectivity index (χ1n) is 8.87. The predicted molar refractivity (Wildman–Crippen MR) is 91.5 cm³/mol. The van der Waals surface area contributed by atoms with Crippen LogP contribution in [0.15, 0.2) is 24.3 Å². The second-order valence-electron chi connectivity index (χ2n) is 6.82. The van der Waals surface area contributed by atoms with E-state index in [0.717, 1.165) is 57.8 Å². The van der Waals surface area contributed by atoms with E-state index in [4.69, 9.17) is 4.74 Å². The maximum Gasteiger partial charge on any atom is 0.227 e. The molecule has 0 spiro atoms. The van der Waals surface area contributed by atoms with Crippen LogP contribution in [0.5, 0.6) is 0 Å². The Morgan fingerprint density at radius 3 is 2.83 bits per heavy atom. The van der Waals surface area contributed by atoms with E-state index in [2.05, 4.69) is 34.9 Å². The molecule has 0 N–H and O–H groups in total. The van der Waals surface area contributed by atoms with Gasteiger partial charge in [-0.3, -0.25) is 9.69 Å². The molecule has 126 valence electrons. The fraction of sp³-hybridized carbons (Fsp3) is 0.632. The minimum absolute atomic E-state index is 0.286. The first-order valence-corrected chi connectivity index (χ1v) is 8.87. The molecule has 1 atom stereocenters. The van der Waals surface area contributed by atoms with Crippen molar-refractivity contribution in [2.45, 2.75) is 38.6 Å². The van der Waals surface area contributed by atoms with E-state index in [1.165, 1.54) is 12.0 Å². The number of rotatable bonds is 4. The highest BCUT2D eigenvalue weighted by Crippen LogP contribution is 2.20. The summed E-state index contributed by atoms with van der Waals surface area (Å²) in [5.41, 5.74) is 2.35. The van der Waals surface area contributed by atoms with Crippen molar-refractivity contribution in [3.63, 3.8) is 0 Å². The highest BCUT2D eigenvalue weighted by molar-refractivity contribution is 5.79. The molecule has 4 nitrogen and oxygen atoms in total. The minimum atomic E-state index is 0.286. The maximum atomic E-state index is 12.8.